The molecule has 0 bridgehead atoms. The fourth-order valence-corrected chi connectivity index (χ4v) is 3.26. The minimum absolute atomic E-state index is 0.128. The van der Waals surface area contributed by atoms with E-state index >= 15 is 0 Å². The highest BCUT2D eigenvalue weighted by atomic mass is 16.5. The van der Waals surface area contributed by atoms with Crippen LogP contribution in [0.1, 0.15) is 18.2 Å². The summed E-state index contributed by atoms with van der Waals surface area (Å²) in [6.07, 6.45) is 1.67. The number of benzene rings is 2. The molecule has 0 aliphatic rings. The quantitative estimate of drug-likeness (QED) is 0.434. The number of fused-ring (bicyclic) bond motifs is 1. The lowest BCUT2D eigenvalue weighted by Gasteiger charge is -2.13. The standard InChI is InChI=1S/C25H24N4O4/c1-3-32-21-11-9-18(10-12-21)27-25(31)28-19-8-7-17(2)22(14-19)33-16-20-15-24(30)29-13-5-4-6-23(29)26-20/h4-15H,3,16H2,1-2H3,(H2,27,28,31). The number of hydrogen-bond acceptors (Lipinski definition) is 5. The fourth-order valence-electron chi connectivity index (χ4n) is 3.26. The second-order valence-corrected chi connectivity index (χ2v) is 7.32. The molecule has 0 saturated carbocycles. The molecule has 2 aromatic heterocycles. The minimum atomic E-state index is -0.377. The number of nitrogens with one attached hydrogen (secondary N) is 2. The van der Waals surface area contributed by atoms with E-state index in [-0.39, 0.29) is 18.2 Å². The Morgan fingerprint density at radius 2 is 1.73 bits per heavy atom. The molecule has 0 unspecified atom stereocenters. The van der Waals surface area contributed by atoms with Crippen LogP contribution in [0.2, 0.25) is 0 Å². The molecule has 0 atom stereocenters. The van der Waals surface area contributed by atoms with Crippen molar-refractivity contribution in [2.45, 2.75) is 20.5 Å². The summed E-state index contributed by atoms with van der Waals surface area (Å²) in [4.78, 5) is 29.1. The summed E-state index contributed by atoms with van der Waals surface area (Å²) in [7, 11) is 0. The van der Waals surface area contributed by atoms with Gasteiger partial charge in [0, 0.05) is 29.7 Å². The van der Waals surface area contributed by atoms with E-state index in [1.807, 2.05) is 26.0 Å². The molecule has 33 heavy (non-hydrogen) atoms. The number of urea groups is 1. The molecule has 0 aliphatic carbocycles. The van der Waals surface area contributed by atoms with Gasteiger partial charge in [0.1, 0.15) is 23.8 Å². The van der Waals surface area contributed by atoms with Gasteiger partial charge in [-0.3, -0.25) is 9.20 Å². The van der Waals surface area contributed by atoms with E-state index in [0.29, 0.717) is 35.1 Å². The molecule has 168 valence electrons. The molecule has 8 heteroatoms. The van der Waals surface area contributed by atoms with Crippen molar-refractivity contribution < 1.29 is 14.3 Å². The Balaban J connectivity index is 1.41. The third-order valence-electron chi connectivity index (χ3n) is 4.87. The maximum Gasteiger partial charge on any atom is 0.323 e. The Morgan fingerprint density at radius 3 is 2.52 bits per heavy atom. The molecular formula is C25H24N4O4. The van der Waals surface area contributed by atoms with Gasteiger partial charge in [-0.1, -0.05) is 12.1 Å². The van der Waals surface area contributed by atoms with Crippen LogP contribution in [0.3, 0.4) is 0 Å². The van der Waals surface area contributed by atoms with E-state index < -0.39 is 0 Å². The predicted octanol–water partition coefficient (Wildman–Crippen LogP) is 4.62. The maximum absolute atomic E-state index is 12.4. The Hall–Kier alpha value is -4.33. The average Bonchev–Trinajstić information content (AvgIpc) is 2.81. The van der Waals surface area contributed by atoms with Crippen molar-refractivity contribution in [1.29, 1.82) is 0 Å². The van der Waals surface area contributed by atoms with E-state index in [1.165, 1.54) is 10.5 Å². The highest BCUT2D eigenvalue weighted by molar-refractivity contribution is 5.99. The topological polar surface area (TPSA) is 94.0 Å². The van der Waals surface area contributed by atoms with Gasteiger partial charge in [-0.2, -0.15) is 0 Å². The number of carbonyl (C=O) groups is 1. The normalized spacial score (nSPS) is 10.6. The van der Waals surface area contributed by atoms with Gasteiger partial charge < -0.3 is 20.1 Å². The number of ether oxygens (including phenoxy) is 2. The first-order valence-corrected chi connectivity index (χ1v) is 10.5. The van der Waals surface area contributed by atoms with Crippen molar-refractivity contribution in [2.75, 3.05) is 17.2 Å². The van der Waals surface area contributed by atoms with Crippen LogP contribution in [0.4, 0.5) is 16.2 Å². The number of amides is 2. The van der Waals surface area contributed by atoms with Gasteiger partial charge in [0.2, 0.25) is 0 Å². The Labute approximate surface area is 190 Å². The van der Waals surface area contributed by atoms with Crippen molar-refractivity contribution in [2.24, 2.45) is 0 Å². The SMILES string of the molecule is CCOc1ccc(NC(=O)Nc2ccc(C)c(OCc3cc(=O)n4ccccc4n3)c2)cc1. The molecule has 0 radical (unpaired) electrons. The van der Waals surface area contributed by atoms with Crippen LogP contribution in [0, 0.1) is 6.92 Å². The van der Waals surface area contributed by atoms with Gasteiger partial charge >= 0.3 is 6.03 Å². The number of rotatable bonds is 7. The Kier molecular flexibility index (Phi) is 6.54. The number of hydrogen-bond donors (Lipinski definition) is 2. The van der Waals surface area contributed by atoms with Crippen molar-refractivity contribution in [3.8, 4) is 11.5 Å². The molecule has 2 N–H and O–H groups in total. The van der Waals surface area contributed by atoms with Gasteiger partial charge in [-0.25, -0.2) is 9.78 Å². The van der Waals surface area contributed by atoms with Gasteiger partial charge in [0.15, 0.2) is 0 Å². The van der Waals surface area contributed by atoms with Crippen LogP contribution < -0.4 is 25.7 Å². The number of carbonyl (C=O) groups excluding carboxylic acids is 1. The minimum Gasteiger partial charge on any atom is -0.494 e. The second-order valence-electron chi connectivity index (χ2n) is 7.32. The van der Waals surface area contributed by atoms with Crippen LogP contribution in [-0.2, 0) is 6.61 Å². The van der Waals surface area contributed by atoms with Crippen molar-refractivity contribution in [1.82, 2.24) is 9.38 Å². The predicted molar refractivity (Wildman–Crippen MR) is 127 cm³/mol. The third-order valence-corrected chi connectivity index (χ3v) is 4.87. The Bertz CT molecular complexity index is 1330. The molecule has 2 aromatic carbocycles. The molecule has 0 spiro atoms. The fraction of sp³-hybridized carbons (Fsp3) is 0.160. The lowest BCUT2D eigenvalue weighted by atomic mass is 10.2. The molecule has 8 nitrogen and oxygen atoms in total. The monoisotopic (exact) mass is 444 g/mol. The van der Waals surface area contributed by atoms with Crippen LogP contribution in [0.5, 0.6) is 11.5 Å². The van der Waals surface area contributed by atoms with E-state index in [2.05, 4.69) is 15.6 Å². The largest absolute Gasteiger partial charge is 0.494 e. The summed E-state index contributed by atoms with van der Waals surface area (Å²) >= 11 is 0. The summed E-state index contributed by atoms with van der Waals surface area (Å²) in [6.45, 7) is 4.53. The average molecular weight is 444 g/mol. The molecule has 4 rings (SSSR count). The highest BCUT2D eigenvalue weighted by Crippen LogP contribution is 2.24. The zero-order valence-electron chi connectivity index (χ0n) is 18.4. The number of nitrogens with zero attached hydrogens (tertiary/aromatic N) is 2. The van der Waals surface area contributed by atoms with E-state index in [9.17, 15) is 9.59 Å². The maximum atomic E-state index is 12.4. The van der Waals surface area contributed by atoms with Crippen molar-refractivity contribution in [3.05, 3.63) is 94.5 Å². The summed E-state index contributed by atoms with van der Waals surface area (Å²) in [5, 5.41) is 5.58. The van der Waals surface area contributed by atoms with E-state index in [4.69, 9.17) is 9.47 Å². The van der Waals surface area contributed by atoms with Crippen LogP contribution in [0.15, 0.2) is 77.7 Å². The van der Waals surface area contributed by atoms with Gasteiger partial charge in [0.25, 0.3) is 5.56 Å². The first-order chi connectivity index (χ1) is 16.0. The zero-order chi connectivity index (χ0) is 23.2. The highest BCUT2D eigenvalue weighted by Gasteiger charge is 2.08. The summed E-state index contributed by atoms with van der Waals surface area (Å²) in [5.74, 6) is 1.33. The Morgan fingerprint density at radius 1 is 0.970 bits per heavy atom. The summed E-state index contributed by atoms with van der Waals surface area (Å²) < 4.78 is 12.8. The first kappa shape index (κ1) is 21.9. The van der Waals surface area contributed by atoms with Crippen LogP contribution in [-0.4, -0.2) is 22.0 Å². The molecule has 0 saturated heterocycles. The van der Waals surface area contributed by atoms with Crippen molar-refractivity contribution >= 4 is 23.1 Å². The smallest absolute Gasteiger partial charge is 0.323 e. The second kappa shape index (κ2) is 9.86. The number of aryl methyl sites for hydroxylation is 1. The molecule has 0 aliphatic heterocycles. The number of anilines is 2. The summed E-state index contributed by atoms with van der Waals surface area (Å²) in [6, 6.07) is 19.0. The lowest BCUT2D eigenvalue weighted by Crippen LogP contribution is -2.19. The van der Waals surface area contributed by atoms with Gasteiger partial charge in [-0.05, 0) is 61.9 Å². The zero-order valence-corrected chi connectivity index (χ0v) is 18.4. The lowest BCUT2D eigenvalue weighted by molar-refractivity contribution is 0.262. The van der Waals surface area contributed by atoms with E-state index in [0.717, 1.165) is 11.3 Å². The number of aromatic nitrogens is 2. The molecule has 2 amide bonds. The molecule has 4 aromatic rings. The van der Waals surface area contributed by atoms with E-state index in [1.54, 1.807) is 54.7 Å². The molecular weight excluding hydrogens is 420 g/mol. The number of pyridine rings is 1. The van der Waals surface area contributed by atoms with Crippen LogP contribution in [0.25, 0.3) is 5.65 Å². The third kappa shape index (κ3) is 5.48. The van der Waals surface area contributed by atoms with Crippen LogP contribution >= 0.6 is 0 Å². The van der Waals surface area contributed by atoms with Crippen molar-refractivity contribution in [3.63, 3.8) is 0 Å². The summed E-state index contributed by atoms with van der Waals surface area (Å²) in [5.41, 5.74) is 3.03. The first-order valence-electron chi connectivity index (χ1n) is 10.5. The molecule has 0 fully saturated rings. The van der Waals surface area contributed by atoms with Gasteiger partial charge in [-0.15, -0.1) is 0 Å². The molecule has 2 heterocycles. The van der Waals surface area contributed by atoms with Gasteiger partial charge in [0.05, 0.1) is 12.3 Å².